The molecule has 0 heterocycles. The number of aromatic carboxylic acids is 1. The fraction of sp³-hybridized carbons (Fsp3) is 0.364. The van der Waals surface area contributed by atoms with Crippen molar-refractivity contribution in [1.29, 1.82) is 0 Å². The summed E-state index contributed by atoms with van der Waals surface area (Å²) in [7, 11) is -3.85. The zero-order valence-corrected chi connectivity index (χ0v) is 11.9. The molecule has 8 heteroatoms. The first-order valence-corrected chi connectivity index (χ1v) is 7.14. The lowest BCUT2D eigenvalue weighted by atomic mass is 10.1. The number of carbonyl (C=O) groups is 1. The predicted molar refractivity (Wildman–Crippen MR) is 69.9 cm³/mol. The molecule has 1 rings (SSSR count). The maximum Gasteiger partial charge on any atom is 0.337 e. The molecule has 0 aliphatic heterocycles. The summed E-state index contributed by atoms with van der Waals surface area (Å²) in [5, 5.41) is 18.1. The van der Waals surface area contributed by atoms with Gasteiger partial charge in [-0.2, -0.15) is 0 Å². The molecule has 0 unspecified atom stereocenters. The molecule has 1 aromatic rings. The van der Waals surface area contributed by atoms with Gasteiger partial charge in [-0.05, 0) is 32.0 Å². The number of hydrogen-bond donors (Lipinski definition) is 3. The van der Waals surface area contributed by atoms with Gasteiger partial charge in [-0.15, -0.1) is 0 Å². The summed E-state index contributed by atoms with van der Waals surface area (Å²) < 4.78 is 26.0. The third-order valence-corrected chi connectivity index (χ3v) is 3.89. The Labute approximate surface area is 116 Å². The van der Waals surface area contributed by atoms with Crippen molar-refractivity contribution >= 4 is 27.6 Å². The minimum Gasteiger partial charge on any atom is -0.478 e. The van der Waals surface area contributed by atoms with E-state index in [-0.39, 0.29) is 22.0 Å². The average molecular weight is 308 g/mol. The second-order valence-corrected chi connectivity index (χ2v) is 6.76. The van der Waals surface area contributed by atoms with E-state index < -0.39 is 21.6 Å². The Hall–Kier alpha value is -1.15. The Morgan fingerprint density at radius 1 is 1.42 bits per heavy atom. The van der Waals surface area contributed by atoms with Gasteiger partial charge in [0.15, 0.2) is 0 Å². The summed E-state index contributed by atoms with van der Waals surface area (Å²) in [6.45, 7) is 2.74. The molecule has 3 N–H and O–H groups in total. The van der Waals surface area contributed by atoms with Crippen LogP contribution in [0, 0.1) is 0 Å². The van der Waals surface area contributed by atoms with Crippen LogP contribution in [0.4, 0.5) is 0 Å². The van der Waals surface area contributed by atoms with Crippen molar-refractivity contribution in [3.63, 3.8) is 0 Å². The molecule has 0 amide bonds. The summed E-state index contributed by atoms with van der Waals surface area (Å²) in [6, 6.07) is 3.31. The van der Waals surface area contributed by atoms with E-state index in [1.165, 1.54) is 13.8 Å². The minimum absolute atomic E-state index is 0.160. The van der Waals surface area contributed by atoms with Crippen LogP contribution in [0.25, 0.3) is 0 Å². The molecular weight excluding hydrogens is 294 g/mol. The number of benzene rings is 1. The van der Waals surface area contributed by atoms with Crippen molar-refractivity contribution < 1.29 is 23.4 Å². The molecular formula is C11H14ClNO5S. The van der Waals surface area contributed by atoms with Gasteiger partial charge >= 0.3 is 5.97 Å². The molecule has 6 nitrogen and oxygen atoms in total. The standard InChI is InChI=1S/C11H14ClNO5S/c1-11(2,16)6-13-19(17,18)7-3-4-8(10(14)15)9(12)5-7/h3-5,13,16H,6H2,1-2H3,(H,14,15). The highest BCUT2D eigenvalue weighted by atomic mass is 35.5. The monoisotopic (exact) mass is 307 g/mol. The van der Waals surface area contributed by atoms with E-state index >= 15 is 0 Å². The number of halogens is 1. The van der Waals surface area contributed by atoms with Crippen LogP contribution < -0.4 is 4.72 Å². The quantitative estimate of drug-likeness (QED) is 0.755. The number of hydrogen-bond acceptors (Lipinski definition) is 4. The Morgan fingerprint density at radius 3 is 2.42 bits per heavy atom. The van der Waals surface area contributed by atoms with Crippen LogP contribution in [0.2, 0.25) is 5.02 Å². The summed E-state index contributed by atoms with van der Waals surface area (Å²) in [6.07, 6.45) is 0. The number of rotatable bonds is 5. The number of nitrogens with one attached hydrogen (secondary N) is 1. The summed E-state index contributed by atoms with van der Waals surface area (Å²) in [5.74, 6) is -1.24. The van der Waals surface area contributed by atoms with E-state index in [1.54, 1.807) is 0 Å². The van der Waals surface area contributed by atoms with E-state index in [0.29, 0.717) is 0 Å². The van der Waals surface area contributed by atoms with Crippen molar-refractivity contribution in [2.24, 2.45) is 0 Å². The van der Waals surface area contributed by atoms with Crippen molar-refractivity contribution in [2.75, 3.05) is 6.54 Å². The van der Waals surface area contributed by atoms with Gasteiger partial charge < -0.3 is 10.2 Å². The van der Waals surface area contributed by atoms with Crippen molar-refractivity contribution in [3.8, 4) is 0 Å². The van der Waals surface area contributed by atoms with Gasteiger partial charge in [-0.1, -0.05) is 11.6 Å². The molecule has 0 fully saturated rings. The first kappa shape index (κ1) is 15.9. The Kier molecular flexibility index (Phi) is 4.57. The normalized spacial score (nSPS) is 12.4. The van der Waals surface area contributed by atoms with Crippen LogP contribution in [0.15, 0.2) is 23.1 Å². The topological polar surface area (TPSA) is 104 Å². The highest BCUT2D eigenvalue weighted by Crippen LogP contribution is 2.21. The minimum atomic E-state index is -3.85. The summed E-state index contributed by atoms with van der Waals surface area (Å²) in [5.41, 5.74) is -1.37. The largest absolute Gasteiger partial charge is 0.478 e. The Morgan fingerprint density at radius 2 is 2.00 bits per heavy atom. The van der Waals surface area contributed by atoms with Crippen molar-refractivity contribution in [1.82, 2.24) is 4.72 Å². The maximum absolute atomic E-state index is 11.9. The van der Waals surface area contributed by atoms with Crippen LogP contribution in [0.5, 0.6) is 0 Å². The summed E-state index contributed by atoms with van der Waals surface area (Å²) in [4.78, 5) is 10.6. The highest BCUT2D eigenvalue weighted by molar-refractivity contribution is 7.89. The van der Waals surface area contributed by atoms with Crippen LogP contribution in [0.1, 0.15) is 24.2 Å². The van der Waals surface area contributed by atoms with Gasteiger partial charge in [0.25, 0.3) is 0 Å². The molecule has 1 aromatic carbocycles. The van der Waals surface area contributed by atoms with E-state index in [9.17, 15) is 18.3 Å². The smallest absolute Gasteiger partial charge is 0.337 e. The van der Waals surface area contributed by atoms with Crippen molar-refractivity contribution in [3.05, 3.63) is 28.8 Å². The average Bonchev–Trinajstić information content (AvgIpc) is 2.25. The molecule has 0 spiro atoms. The van der Waals surface area contributed by atoms with Crippen molar-refractivity contribution in [2.45, 2.75) is 24.3 Å². The molecule has 0 saturated carbocycles. The van der Waals surface area contributed by atoms with E-state index in [1.807, 2.05) is 0 Å². The molecule has 0 aliphatic carbocycles. The molecule has 0 atom stereocenters. The lowest BCUT2D eigenvalue weighted by Crippen LogP contribution is -2.38. The van der Waals surface area contributed by atoms with Crippen LogP contribution in [-0.4, -0.2) is 36.7 Å². The van der Waals surface area contributed by atoms with Gasteiger partial charge in [-0.3, -0.25) is 0 Å². The number of carboxylic acid groups (broad SMARTS) is 1. The second-order valence-electron chi connectivity index (χ2n) is 4.58. The fourth-order valence-electron chi connectivity index (χ4n) is 1.19. The Bertz CT molecular complexity index is 592. The number of sulfonamides is 1. The molecule has 0 aliphatic rings. The van der Waals surface area contributed by atoms with Gasteiger partial charge in [-0.25, -0.2) is 17.9 Å². The molecule has 0 radical (unpaired) electrons. The third kappa shape index (κ3) is 4.46. The van der Waals surface area contributed by atoms with Gasteiger partial charge in [0.05, 0.1) is 21.1 Å². The van der Waals surface area contributed by atoms with Gasteiger partial charge in [0, 0.05) is 6.54 Å². The highest BCUT2D eigenvalue weighted by Gasteiger charge is 2.21. The lowest BCUT2D eigenvalue weighted by Gasteiger charge is -2.17. The molecule has 106 valence electrons. The van der Waals surface area contributed by atoms with Crippen LogP contribution in [-0.2, 0) is 10.0 Å². The first-order valence-electron chi connectivity index (χ1n) is 5.28. The van der Waals surface area contributed by atoms with Crippen LogP contribution in [0.3, 0.4) is 0 Å². The number of carboxylic acids is 1. The Balaban J connectivity index is 3.03. The van der Waals surface area contributed by atoms with E-state index in [2.05, 4.69) is 4.72 Å². The molecule has 0 saturated heterocycles. The van der Waals surface area contributed by atoms with E-state index in [4.69, 9.17) is 16.7 Å². The summed E-state index contributed by atoms with van der Waals surface area (Å²) >= 11 is 5.70. The fourth-order valence-corrected chi connectivity index (χ4v) is 2.75. The zero-order valence-electron chi connectivity index (χ0n) is 10.3. The lowest BCUT2D eigenvalue weighted by molar-refractivity contribution is 0.0696. The van der Waals surface area contributed by atoms with Crippen LogP contribution >= 0.6 is 11.6 Å². The predicted octanol–water partition coefficient (Wildman–Crippen LogP) is 1.09. The van der Waals surface area contributed by atoms with E-state index in [0.717, 1.165) is 18.2 Å². The van der Waals surface area contributed by atoms with Gasteiger partial charge in [0.2, 0.25) is 10.0 Å². The first-order chi connectivity index (χ1) is 8.53. The zero-order chi connectivity index (χ0) is 14.8. The molecule has 19 heavy (non-hydrogen) atoms. The maximum atomic E-state index is 11.9. The number of aliphatic hydroxyl groups is 1. The SMILES string of the molecule is CC(C)(O)CNS(=O)(=O)c1ccc(C(=O)O)c(Cl)c1. The molecule has 0 aromatic heterocycles. The van der Waals surface area contributed by atoms with Gasteiger partial charge in [0.1, 0.15) is 0 Å². The third-order valence-electron chi connectivity index (χ3n) is 2.18. The molecule has 0 bridgehead atoms. The second kappa shape index (κ2) is 5.46.